The number of rotatable bonds is 5. The molecule has 1 atom stereocenters. The van der Waals surface area contributed by atoms with E-state index in [-0.39, 0.29) is 11.9 Å². The highest BCUT2D eigenvalue weighted by molar-refractivity contribution is 5.94. The lowest BCUT2D eigenvalue weighted by molar-refractivity contribution is 0.0733. The second-order valence-corrected chi connectivity index (χ2v) is 7.80. The molecule has 31 heavy (non-hydrogen) atoms. The van der Waals surface area contributed by atoms with Gasteiger partial charge in [-0.1, -0.05) is 0 Å². The zero-order chi connectivity index (χ0) is 22.0. The van der Waals surface area contributed by atoms with Gasteiger partial charge in [-0.05, 0) is 43.0 Å². The Bertz CT molecular complexity index is 1080. The monoisotopic (exact) mass is 418 g/mol. The molecule has 0 saturated carbocycles. The summed E-state index contributed by atoms with van der Waals surface area (Å²) in [5.74, 6) is 1.05. The fourth-order valence-electron chi connectivity index (χ4n) is 3.93. The number of aryl methyl sites for hydroxylation is 1. The minimum atomic E-state index is -0.140. The van der Waals surface area contributed by atoms with Gasteiger partial charge >= 0.3 is 0 Å². The number of carbonyl (C=O) groups excluding carboxylic acids is 1. The average molecular weight is 419 g/mol. The number of nitrogens with zero attached hydrogens (tertiary/aromatic N) is 6. The van der Waals surface area contributed by atoms with Gasteiger partial charge in [0.1, 0.15) is 0 Å². The van der Waals surface area contributed by atoms with Crippen molar-refractivity contribution in [3.05, 3.63) is 59.8 Å². The van der Waals surface area contributed by atoms with Crippen molar-refractivity contribution in [1.82, 2.24) is 24.8 Å². The summed E-state index contributed by atoms with van der Waals surface area (Å²) in [6.45, 7) is 2.69. The van der Waals surface area contributed by atoms with Gasteiger partial charge in [-0.15, -0.1) is 0 Å². The van der Waals surface area contributed by atoms with Crippen molar-refractivity contribution in [2.24, 2.45) is 0 Å². The van der Waals surface area contributed by atoms with E-state index in [0.29, 0.717) is 23.9 Å². The molecule has 4 rings (SSSR count). The molecule has 1 saturated heterocycles. The maximum Gasteiger partial charge on any atom is 0.255 e. The highest BCUT2D eigenvalue weighted by Gasteiger charge is 2.34. The topological polar surface area (TPSA) is 84.3 Å². The third-order valence-electron chi connectivity index (χ3n) is 5.54. The number of carbonyl (C=O) groups is 1. The summed E-state index contributed by atoms with van der Waals surface area (Å²) in [7, 11) is 5.38. The largest absolute Gasteiger partial charge is 0.481 e. The fourth-order valence-corrected chi connectivity index (χ4v) is 3.93. The van der Waals surface area contributed by atoms with Crippen molar-refractivity contribution >= 4 is 11.9 Å². The summed E-state index contributed by atoms with van der Waals surface area (Å²) in [5.41, 5.74) is 4.40. The molecule has 0 aliphatic carbocycles. The zero-order valence-corrected chi connectivity index (χ0v) is 18.2. The van der Waals surface area contributed by atoms with E-state index in [9.17, 15) is 4.79 Å². The number of hydrogen-bond acceptors (Lipinski definition) is 7. The SMILES string of the molecule is COc1ccc(C(=O)N2CCCC2c2nc(N(C)C)ncc2-c2ccncc2C)cn1. The summed E-state index contributed by atoms with van der Waals surface area (Å²) in [5, 5.41) is 0. The summed E-state index contributed by atoms with van der Waals surface area (Å²) < 4.78 is 5.11. The van der Waals surface area contributed by atoms with E-state index in [2.05, 4.69) is 15.0 Å². The van der Waals surface area contributed by atoms with Crippen LogP contribution < -0.4 is 9.64 Å². The van der Waals surface area contributed by atoms with Crippen LogP contribution in [-0.2, 0) is 0 Å². The normalized spacial score (nSPS) is 15.7. The van der Waals surface area contributed by atoms with Crippen molar-refractivity contribution in [2.75, 3.05) is 32.6 Å². The van der Waals surface area contributed by atoms with Gasteiger partial charge < -0.3 is 14.5 Å². The smallest absolute Gasteiger partial charge is 0.255 e. The van der Waals surface area contributed by atoms with Crippen LogP contribution in [0.1, 0.15) is 40.5 Å². The Balaban J connectivity index is 1.76. The van der Waals surface area contributed by atoms with Crippen molar-refractivity contribution in [1.29, 1.82) is 0 Å². The second kappa shape index (κ2) is 8.67. The maximum absolute atomic E-state index is 13.3. The van der Waals surface area contributed by atoms with Gasteiger partial charge in [0, 0.05) is 57.1 Å². The zero-order valence-electron chi connectivity index (χ0n) is 18.2. The summed E-state index contributed by atoms with van der Waals surface area (Å²) in [6.07, 6.45) is 8.78. The van der Waals surface area contributed by atoms with Crippen LogP contribution in [0.15, 0.2) is 43.0 Å². The molecule has 3 aromatic rings. The molecule has 0 radical (unpaired) electrons. The van der Waals surface area contributed by atoms with Gasteiger partial charge in [-0.2, -0.15) is 0 Å². The predicted molar refractivity (Wildman–Crippen MR) is 118 cm³/mol. The van der Waals surface area contributed by atoms with E-state index < -0.39 is 0 Å². The van der Waals surface area contributed by atoms with Crippen LogP contribution >= 0.6 is 0 Å². The standard InChI is InChI=1S/C23H26N6O2/c1-15-12-24-10-9-17(15)18-14-26-23(28(2)3)27-21(18)19-6-5-11-29(19)22(30)16-7-8-20(31-4)25-13-16/h7-10,12-14,19H,5-6,11H2,1-4H3. The molecule has 1 fully saturated rings. The van der Waals surface area contributed by atoms with Crippen LogP contribution in [-0.4, -0.2) is 58.5 Å². The van der Waals surface area contributed by atoms with Crippen molar-refractivity contribution in [3.63, 3.8) is 0 Å². The van der Waals surface area contributed by atoms with Gasteiger partial charge in [-0.25, -0.2) is 15.0 Å². The molecule has 1 unspecified atom stereocenters. The van der Waals surface area contributed by atoms with E-state index in [1.165, 1.54) is 0 Å². The number of pyridine rings is 2. The molecule has 0 aromatic carbocycles. The molecular weight excluding hydrogens is 392 g/mol. The first-order valence-corrected chi connectivity index (χ1v) is 10.3. The number of ether oxygens (including phenoxy) is 1. The first-order valence-electron chi connectivity index (χ1n) is 10.3. The Kier molecular flexibility index (Phi) is 5.79. The Morgan fingerprint density at radius 1 is 1.13 bits per heavy atom. The number of methoxy groups -OCH3 is 1. The Morgan fingerprint density at radius 2 is 1.97 bits per heavy atom. The molecule has 8 heteroatoms. The molecule has 8 nitrogen and oxygen atoms in total. The van der Waals surface area contributed by atoms with Crippen LogP contribution in [0, 0.1) is 6.92 Å². The number of anilines is 1. The van der Waals surface area contributed by atoms with Crippen molar-refractivity contribution < 1.29 is 9.53 Å². The van der Waals surface area contributed by atoms with Gasteiger partial charge in [0.2, 0.25) is 11.8 Å². The minimum Gasteiger partial charge on any atom is -0.481 e. The molecule has 0 spiro atoms. The van der Waals surface area contributed by atoms with Crippen molar-refractivity contribution in [2.45, 2.75) is 25.8 Å². The molecule has 3 aromatic heterocycles. The number of likely N-dealkylation sites (tertiary alicyclic amines) is 1. The molecule has 1 aliphatic rings. The van der Waals surface area contributed by atoms with Crippen LogP contribution in [0.3, 0.4) is 0 Å². The van der Waals surface area contributed by atoms with Gasteiger partial charge in [0.25, 0.3) is 5.91 Å². The van der Waals surface area contributed by atoms with Crippen molar-refractivity contribution in [3.8, 4) is 17.0 Å². The fraction of sp³-hybridized carbons (Fsp3) is 0.348. The van der Waals surface area contributed by atoms with E-state index in [4.69, 9.17) is 9.72 Å². The average Bonchev–Trinajstić information content (AvgIpc) is 3.28. The lowest BCUT2D eigenvalue weighted by atomic mass is 9.97. The van der Waals surface area contributed by atoms with Gasteiger partial charge in [-0.3, -0.25) is 9.78 Å². The Labute approximate surface area is 181 Å². The molecule has 0 bridgehead atoms. The number of hydrogen-bond donors (Lipinski definition) is 0. The van der Waals surface area contributed by atoms with Crippen LogP contribution in [0.25, 0.3) is 11.1 Å². The lowest BCUT2D eigenvalue weighted by Gasteiger charge is -2.27. The molecule has 1 amide bonds. The number of aromatic nitrogens is 4. The second-order valence-electron chi connectivity index (χ2n) is 7.80. The molecule has 0 N–H and O–H groups in total. The maximum atomic E-state index is 13.3. The summed E-state index contributed by atoms with van der Waals surface area (Å²) in [4.78, 5) is 34.9. The van der Waals surface area contributed by atoms with E-state index >= 15 is 0 Å². The minimum absolute atomic E-state index is 0.0555. The van der Waals surface area contributed by atoms with Gasteiger partial charge in [0.15, 0.2) is 0 Å². The third-order valence-corrected chi connectivity index (χ3v) is 5.54. The van der Waals surface area contributed by atoms with Crippen LogP contribution in [0.4, 0.5) is 5.95 Å². The summed E-state index contributed by atoms with van der Waals surface area (Å²) >= 11 is 0. The first kappa shape index (κ1) is 20.7. The first-order chi connectivity index (χ1) is 15.0. The molecule has 1 aliphatic heterocycles. The van der Waals surface area contributed by atoms with E-state index in [1.54, 1.807) is 31.6 Å². The Morgan fingerprint density at radius 3 is 2.65 bits per heavy atom. The third kappa shape index (κ3) is 4.05. The van der Waals surface area contributed by atoms with E-state index in [1.807, 2.05) is 49.3 Å². The van der Waals surface area contributed by atoms with E-state index in [0.717, 1.165) is 35.2 Å². The van der Waals surface area contributed by atoms with Crippen LogP contribution in [0.5, 0.6) is 5.88 Å². The molecule has 4 heterocycles. The number of amides is 1. The predicted octanol–water partition coefficient (Wildman–Crippen LogP) is 3.29. The lowest BCUT2D eigenvalue weighted by Crippen LogP contribution is -2.31. The van der Waals surface area contributed by atoms with Crippen LogP contribution in [0.2, 0.25) is 0 Å². The quantitative estimate of drug-likeness (QED) is 0.628. The highest BCUT2D eigenvalue weighted by Crippen LogP contribution is 2.38. The Hall–Kier alpha value is -3.55. The highest BCUT2D eigenvalue weighted by atomic mass is 16.5. The molecular formula is C23H26N6O2. The summed E-state index contributed by atoms with van der Waals surface area (Å²) in [6, 6.07) is 5.29. The van der Waals surface area contributed by atoms with Gasteiger partial charge in [0.05, 0.1) is 24.4 Å². The molecule has 160 valence electrons.